The minimum atomic E-state index is -3.58. The molecule has 0 saturated heterocycles. The molecule has 0 bridgehead atoms. The van der Waals surface area contributed by atoms with Gasteiger partial charge in [-0.25, -0.2) is 13.1 Å². The third-order valence-corrected chi connectivity index (χ3v) is 5.63. The fraction of sp³-hybridized carbons (Fsp3) is 0.300. The van der Waals surface area contributed by atoms with Gasteiger partial charge in [0.05, 0.1) is 4.90 Å². The van der Waals surface area contributed by atoms with Crippen LogP contribution in [0.3, 0.4) is 0 Å². The van der Waals surface area contributed by atoms with Gasteiger partial charge in [0.1, 0.15) is 5.75 Å². The number of anilines is 1. The average Bonchev–Trinajstić information content (AvgIpc) is 2.66. The average molecular weight is 404 g/mol. The maximum atomic E-state index is 12.2. The number of carbonyl (C=O) groups is 2. The highest BCUT2D eigenvalue weighted by atomic mass is 32.2. The van der Waals surface area contributed by atoms with Crippen LogP contribution in [0.1, 0.15) is 37.6 Å². The van der Waals surface area contributed by atoms with Gasteiger partial charge in [-0.3, -0.25) is 9.59 Å². The Bertz CT molecular complexity index is 939. The Morgan fingerprint density at radius 1 is 1.11 bits per heavy atom. The van der Waals surface area contributed by atoms with Crippen LogP contribution in [0.2, 0.25) is 0 Å². The first kappa shape index (κ1) is 21.6. The van der Waals surface area contributed by atoms with Gasteiger partial charge in [0.25, 0.3) is 5.91 Å². The molecule has 0 saturated carbocycles. The first-order valence-electron chi connectivity index (χ1n) is 8.87. The fourth-order valence-corrected chi connectivity index (χ4v) is 3.62. The molecule has 0 heterocycles. The summed E-state index contributed by atoms with van der Waals surface area (Å²) in [6.07, 6.45) is 0.685. The predicted molar refractivity (Wildman–Crippen MR) is 107 cm³/mol. The third kappa shape index (κ3) is 6.17. The maximum absolute atomic E-state index is 12.2. The molecule has 0 fully saturated rings. The molecular formula is C20H24N2O5S. The Kier molecular flexibility index (Phi) is 7.31. The van der Waals surface area contributed by atoms with Gasteiger partial charge in [-0.1, -0.05) is 19.1 Å². The highest BCUT2D eigenvalue weighted by molar-refractivity contribution is 7.89. The van der Waals surface area contributed by atoms with Crippen molar-refractivity contribution in [2.24, 2.45) is 0 Å². The number of amides is 1. The molecule has 2 rings (SSSR count). The van der Waals surface area contributed by atoms with Gasteiger partial charge in [0, 0.05) is 17.3 Å². The zero-order valence-corrected chi connectivity index (χ0v) is 16.9. The SMILES string of the molecule is CC[C@H](C)NS(=O)(=O)c1ccc(OCC(=O)Nc2cccc(C(C)=O)c2)cc1. The highest BCUT2D eigenvalue weighted by Gasteiger charge is 2.16. The Labute approximate surface area is 165 Å². The molecule has 2 aromatic rings. The second-order valence-corrected chi connectivity index (χ2v) is 8.09. The lowest BCUT2D eigenvalue weighted by molar-refractivity contribution is -0.118. The summed E-state index contributed by atoms with van der Waals surface area (Å²) in [4.78, 5) is 23.5. The fourth-order valence-electron chi connectivity index (χ4n) is 2.29. The molecule has 2 N–H and O–H groups in total. The van der Waals surface area contributed by atoms with E-state index in [0.29, 0.717) is 23.4 Å². The zero-order valence-electron chi connectivity index (χ0n) is 16.1. The Morgan fingerprint density at radius 2 is 1.79 bits per heavy atom. The van der Waals surface area contributed by atoms with Crippen LogP contribution in [-0.4, -0.2) is 32.8 Å². The Balaban J connectivity index is 1.93. The second-order valence-electron chi connectivity index (χ2n) is 6.38. The summed E-state index contributed by atoms with van der Waals surface area (Å²) in [6, 6.07) is 12.3. The van der Waals surface area contributed by atoms with Crippen molar-refractivity contribution in [3.8, 4) is 5.75 Å². The lowest BCUT2D eigenvalue weighted by Gasteiger charge is -2.12. The number of sulfonamides is 1. The molecule has 1 amide bonds. The van der Waals surface area contributed by atoms with Gasteiger partial charge in [0.15, 0.2) is 12.4 Å². The number of rotatable bonds is 9. The van der Waals surface area contributed by atoms with E-state index in [0.717, 1.165) is 0 Å². The van der Waals surface area contributed by atoms with Crippen molar-refractivity contribution < 1.29 is 22.7 Å². The quantitative estimate of drug-likeness (QED) is 0.626. The van der Waals surface area contributed by atoms with Crippen LogP contribution in [0.15, 0.2) is 53.4 Å². The topological polar surface area (TPSA) is 102 Å². The first-order valence-corrected chi connectivity index (χ1v) is 10.4. The molecule has 0 aliphatic rings. The summed E-state index contributed by atoms with van der Waals surface area (Å²) in [5, 5.41) is 2.65. The van der Waals surface area contributed by atoms with Crippen LogP contribution in [0, 0.1) is 0 Å². The lowest BCUT2D eigenvalue weighted by atomic mass is 10.1. The van der Waals surface area contributed by atoms with E-state index >= 15 is 0 Å². The normalized spacial score (nSPS) is 12.2. The smallest absolute Gasteiger partial charge is 0.262 e. The van der Waals surface area contributed by atoms with Crippen LogP contribution >= 0.6 is 0 Å². The first-order chi connectivity index (χ1) is 13.2. The van der Waals surface area contributed by atoms with Gasteiger partial charge in [0.2, 0.25) is 10.0 Å². The summed E-state index contributed by atoms with van der Waals surface area (Å²) < 4.78 is 32.4. The highest BCUT2D eigenvalue weighted by Crippen LogP contribution is 2.17. The van der Waals surface area contributed by atoms with Gasteiger partial charge in [-0.15, -0.1) is 0 Å². The number of hydrogen-bond donors (Lipinski definition) is 2. The summed E-state index contributed by atoms with van der Waals surface area (Å²) in [5.74, 6) is -0.115. The van der Waals surface area contributed by atoms with E-state index in [4.69, 9.17) is 4.74 Å². The minimum Gasteiger partial charge on any atom is -0.484 e. The molecule has 2 aromatic carbocycles. The third-order valence-electron chi connectivity index (χ3n) is 4.03. The van der Waals surface area contributed by atoms with E-state index < -0.39 is 15.9 Å². The van der Waals surface area contributed by atoms with E-state index in [-0.39, 0.29) is 23.3 Å². The Morgan fingerprint density at radius 3 is 2.39 bits per heavy atom. The van der Waals surface area contributed by atoms with E-state index in [1.54, 1.807) is 31.2 Å². The van der Waals surface area contributed by atoms with Crippen molar-refractivity contribution in [3.63, 3.8) is 0 Å². The molecule has 0 unspecified atom stereocenters. The number of carbonyl (C=O) groups excluding carboxylic acids is 2. The van der Waals surface area contributed by atoms with Crippen LogP contribution in [-0.2, 0) is 14.8 Å². The zero-order chi connectivity index (χ0) is 20.7. The standard InChI is InChI=1S/C20H24N2O5S/c1-4-14(2)22-28(25,26)19-10-8-18(9-11-19)27-13-20(24)21-17-7-5-6-16(12-17)15(3)23/h5-12,14,22H,4,13H2,1-3H3,(H,21,24)/t14-/m0/s1. The van der Waals surface area contributed by atoms with Crippen LogP contribution < -0.4 is 14.8 Å². The molecule has 0 radical (unpaired) electrons. The number of hydrogen-bond acceptors (Lipinski definition) is 5. The van der Waals surface area contributed by atoms with Crippen molar-refractivity contribution in [2.45, 2.75) is 38.1 Å². The maximum Gasteiger partial charge on any atom is 0.262 e. The Hall–Kier alpha value is -2.71. The minimum absolute atomic E-state index is 0.0924. The van der Waals surface area contributed by atoms with Crippen LogP contribution in [0.5, 0.6) is 5.75 Å². The van der Waals surface area contributed by atoms with E-state index in [1.165, 1.54) is 31.2 Å². The number of ketones is 1. The predicted octanol–water partition coefficient (Wildman–Crippen LogP) is 2.98. The summed E-state index contributed by atoms with van der Waals surface area (Å²) in [6.45, 7) is 4.89. The molecular weight excluding hydrogens is 380 g/mol. The molecule has 0 aromatic heterocycles. The number of benzene rings is 2. The summed E-state index contributed by atoms with van der Waals surface area (Å²) in [7, 11) is -3.58. The van der Waals surface area contributed by atoms with Crippen molar-refractivity contribution in [2.75, 3.05) is 11.9 Å². The van der Waals surface area contributed by atoms with Crippen molar-refractivity contribution >= 4 is 27.4 Å². The molecule has 7 nitrogen and oxygen atoms in total. The number of nitrogens with one attached hydrogen (secondary N) is 2. The van der Waals surface area contributed by atoms with Crippen molar-refractivity contribution in [1.29, 1.82) is 0 Å². The molecule has 28 heavy (non-hydrogen) atoms. The lowest BCUT2D eigenvalue weighted by Crippen LogP contribution is -2.31. The monoisotopic (exact) mass is 404 g/mol. The van der Waals surface area contributed by atoms with Crippen LogP contribution in [0.25, 0.3) is 0 Å². The molecule has 0 spiro atoms. The van der Waals surface area contributed by atoms with E-state index in [2.05, 4.69) is 10.0 Å². The van der Waals surface area contributed by atoms with Gasteiger partial charge in [-0.05, 0) is 56.7 Å². The summed E-state index contributed by atoms with van der Waals surface area (Å²) >= 11 is 0. The van der Waals surface area contributed by atoms with E-state index in [1.807, 2.05) is 6.92 Å². The molecule has 0 aliphatic heterocycles. The molecule has 8 heteroatoms. The van der Waals surface area contributed by atoms with Gasteiger partial charge in [-0.2, -0.15) is 0 Å². The number of ether oxygens (including phenoxy) is 1. The van der Waals surface area contributed by atoms with Crippen molar-refractivity contribution in [3.05, 3.63) is 54.1 Å². The molecule has 150 valence electrons. The van der Waals surface area contributed by atoms with Gasteiger partial charge >= 0.3 is 0 Å². The van der Waals surface area contributed by atoms with Crippen LogP contribution in [0.4, 0.5) is 5.69 Å². The summed E-state index contributed by atoms with van der Waals surface area (Å²) in [5.41, 5.74) is 1.00. The van der Waals surface area contributed by atoms with Gasteiger partial charge < -0.3 is 10.1 Å². The largest absolute Gasteiger partial charge is 0.484 e. The van der Waals surface area contributed by atoms with E-state index in [9.17, 15) is 18.0 Å². The molecule has 0 aliphatic carbocycles. The molecule has 1 atom stereocenters. The van der Waals surface area contributed by atoms with Crippen molar-refractivity contribution in [1.82, 2.24) is 4.72 Å². The second kappa shape index (κ2) is 9.48. The number of Topliss-reactive ketones (excluding diaryl/α,β-unsaturated/α-hetero) is 1.